The molecule has 0 saturated carbocycles. The van der Waals surface area contributed by atoms with Crippen molar-refractivity contribution in [1.82, 2.24) is 4.98 Å². The molecule has 0 aliphatic rings. The largest absolute Gasteiger partial charge is 0.493 e. The number of halogens is 1. The monoisotopic (exact) mass is 464 g/mol. The molecule has 0 unspecified atom stereocenters. The average Bonchev–Trinajstić information content (AvgIpc) is 3.21. The number of para-hydroxylation sites is 1. The van der Waals surface area contributed by atoms with Crippen LogP contribution in [-0.2, 0) is 6.61 Å². The maximum atomic E-state index is 9.61. The van der Waals surface area contributed by atoms with Crippen molar-refractivity contribution in [3.63, 3.8) is 0 Å². The van der Waals surface area contributed by atoms with Crippen molar-refractivity contribution in [2.45, 2.75) is 10.9 Å². The minimum atomic E-state index is 0.402. The van der Waals surface area contributed by atoms with Gasteiger partial charge in [0, 0.05) is 5.02 Å². The van der Waals surface area contributed by atoms with E-state index < -0.39 is 0 Å². The van der Waals surface area contributed by atoms with Gasteiger partial charge in [0.05, 0.1) is 22.2 Å². The predicted molar refractivity (Wildman–Crippen MR) is 128 cm³/mol. The number of fused-ring (bicyclic) bond motifs is 1. The number of ether oxygens (including phenoxy) is 2. The zero-order valence-corrected chi connectivity index (χ0v) is 18.9. The van der Waals surface area contributed by atoms with Crippen LogP contribution < -0.4 is 9.47 Å². The second-order valence-corrected chi connectivity index (χ2v) is 9.25. The van der Waals surface area contributed by atoms with Gasteiger partial charge in [-0.05, 0) is 65.4 Å². The van der Waals surface area contributed by atoms with Crippen LogP contribution in [0.25, 0.3) is 16.3 Å². The molecule has 3 aromatic carbocycles. The number of nitriles is 1. The molecule has 0 aliphatic heterocycles. The summed E-state index contributed by atoms with van der Waals surface area (Å²) in [4.78, 5) is 5.14. The van der Waals surface area contributed by atoms with Gasteiger partial charge in [-0.15, -0.1) is 11.3 Å². The molecule has 0 bridgehead atoms. The van der Waals surface area contributed by atoms with Gasteiger partial charge < -0.3 is 9.47 Å². The summed E-state index contributed by atoms with van der Waals surface area (Å²) in [6, 6.07) is 23.3. The third kappa shape index (κ3) is 5.39. The molecule has 1 heterocycles. The van der Waals surface area contributed by atoms with Gasteiger partial charge in [0.15, 0.2) is 15.8 Å². The topological polar surface area (TPSA) is 55.1 Å². The zero-order valence-electron chi connectivity index (χ0n) is 16.5. The van der Waals surface area contributed by atoms with Crippen LogP contribution in [0.5, 0.6) is 11.5 Å². The first-order chi connectivity index (χ1) is 15.1. The predicted octanol–water partition coefficient (Wildman–Crippen LogP) is 7.19. The molecule has 0 fully saturated rings. The number of benzene rings is 3. The van der Waals surface area contributed by atoms with Crippen molar-refractivity contribution in [3.05, 3.63) is 87.8 Å². The summed E-state index contributed by atoms with van der Waals surface area (Å²) in [7, 11) is 1.60. The number of rotatable bonds is 7. The normalized spacial score (nSPS) is 11.3. The van der Waals surface area contributed by atoms with Crippen LogP contribution in [-0.4, -0.2) is 12.1 Å². The van der Waals surface area contributed by atoms with E-state index in [1.807, 2.05) is 72.8 Å². The van der Waals surface area contributed by atoms with E-state index in [4.69, 9.17) is 21.1 Å². The molecule has 4 rings (SSSR count). The summed E-state index contributed by atoms with van der Waals surface area (Å²) in [6.07, 6.45) is 1.82. The molecule has 1 aromatic heterocycles. The van der Waals surface area contributed by atoms with Crippen molar-refractivity contribution in [2.75, 3.05) is 7.11 Å². The van der Waals surface area contributed by atoms with Gasteiger partial charge in [-0.2, -0.15) is 5.26 Å². The first-order valence-electron chi connectivity index (χ1n) is 9.35. The summed E-state index contributed by atoms with van der Waals surface area (Å²) in [5, 5.41) is 10.3. The summed E-state index contributed by atoms with van der Waals surface area (Å²) in [5.41, 5.74) is 2.80. The maximum absolute atomic E-state index is 9.61. The number of hydrogen-bond donors (Lipinski definition) is 0. The van der Waals surface area contributed by atoms with Gasteiger partial charge in [0.2, 0.25) is 0 Å². The van der Waals surface area contributed by atoms with Crippen molar-refractivity contribution in [2.24, 2.45) is 0 Å². The summed E-state index contributed by atoms with van der Waals surface area (Å²) in [6.45, 7) is 0.402. The lowest BCUT2D eigenvalue weighted by molar-refractivity contribution is 0.284. The fourth-order valence-electron chi connectivity index (χ4n) is 2.86. The Kier molecular flexibility index (Phi) is 6.78. The smallest absolute Gasteiger partial charge is 0.161 e. The van der Waals surface area contributed by atoms with Gasteiger partial charge in [-0.3, -0.25) is 0 Å². The van der Waals surface area contributed by atoms with Crippen LogP contribution in [0.3, 0.4) is 0 Å². The van der Waals surface area contributed by atoms with Crippen molar-refractivity contribution in [3.8, 4) is 17.6 Å². The maximum Gasteiger partial charge on any atom is 0.161 e. The minimum absolute atomic E-state index is 0.402. The number of thiazole rings is 1. The Labute approximate surface area is 193 Å². The number of aromatic nitrogens is 1. The number of hydrogen-bond acceptors (Lipinski definition) is 6. The molecular weight excluding hydrogens is 448 g/mol. The Morgan fingerprint density at radius 3 is 2.68 bits per heavy atom. The van der Waals surface area contributed by atoms with Gasteiger partial charge in [-0.1, -0.05) is 41.9 Å². The van der Waals surface area contributed by atoms with Crippen LogP contribution in [0.4, 0.5) is 0 Å². The highest BCUT2D eigenvalue weighted by atomic mass is 35.5. The van der Waals surface area contributed by atoms with E-state index in [0.29, 0.717) is 28.0 Å². The third-order valence-electron chi connectivity index (χ3n) is 4.37. The fourth-order valence-corrected chi connectivity index (χ4v) is 4.96. The summed E-state index contributed by atoms with van der Waals surface area (Å²) in [5.74, 6) is 1.23. The van der Waals surface area contributed by atoms with E-state index in [0.717, 1.165) is 25.7 Å². The second kappa shape index (κ2) is 9.88. The van der Waals surface area contributed by atoms with E-state index in [9.17, 15) is 5.26 Å². The lowest BCUT2D eigenvalue weighted by atomic mass is 10.2. The molecule has 4 aromatic rings. The Morgan fingerprint density at radius 1 is 1.13 bits per heavy atom. The van der Waals surface area contributed by atoms with Crippen molar-refractivity contribution >= 4 is 51.0 Å². The zero-order chi connectivity index (χ0) is 21.6. The molecule has 31 heavy (non-hydrogen) atoms. The van der Waals surface area contributed by atoms with E-state index >= 15 is 0 Å². The van der Waals surface area contributed by atoms with Crippen LogP contribution in [0, 0.1) is 11.3 Å². The van der Waals surface area contributed by atoms with E-state index in [1.165, 1.54) is 11.8 Å². The van der Waals surface area contributed by atoms with Crippen LogP contribution in [0.15, 0.2) is 76.0 Å². The quantitative estimate of drug-likeness (QED) is 0.214. The van der Waals surface area contributed by atoms with Gasteiger partial charge in [0.1, 0.15) is 12.7 Å². The highest BCUT2D eigenvalue weighted by Crippen LogP contribution is 2.35. The molecule has 4 nitrogen and oxygen atoms in total. The number of methoxy groups -OCH3 is 1. The molecule has 0 atom stereocenters. The molecule has 7 heteroatoms. The molecular formula is C24H17ClN2O2S2. The van der Waals surface area contributed by atoms with Crippen LogP contribution in [0.1, 0.15) is 11.1 Å². The molecule has 0 radical (unpaired) electrons. The van der Waals surface area contributed by atoms with E-state index in [1.54, 1.807) is 18.4 Å². The number of thioether (sulfide) groups is 1. The third-order valence-corrected chi connectivity index (χ3v) is 6.65. The summed E-state index contributed by atoms with van der Waals surface area (Å²) >= 11 is 8.86. The first kappa shape index (κ1) is 21.3. The first-order valence-corrected chi connectivity index (χ1v) is 11.4. The second-order valence-electron chi connectivity index (χ2n) is 6.50. The average molecular weight is 465 g/mol. The number of nitrogens with zero attached hydrogens (tertiary/aromatic N) is 2. The van der Waals surface area contributed by atoms with Crippen molar-refractivity contribution < 1.29 is 9.47 Å². The Bertz CT molecular complexity index is 1240. The lowest BCUT2D eigenvalue weighted by Crippen LogP contribution is -1.97. The molecule has 0 aliphatic carbocycles. The highest BCUT2D eigenvalue weighted by Gasteiger charge is 2.09. The van der Waals surface area contributed by atoms with Crippen molar-refractivity contribution in [1.29, 1.82) is 5.26 Å². The molecule has 0 N–H and O–H groups in total. The Hall–Kier alpha value is -2.98. The SMILES string of the molecule is COc1cc(/C=C(\C#N)Sc2nc3ccccc3s2)ccc1OCc1ccc(Cl)cc1. The molecule has 0 amide bonds. The van der Waals surface area contributed by atoms with E-state index in [-0.39, 0.29) is 0 Å². The van der Waals surface area contributed by atoms with Crippen LogP contribution in [0.2, 0.25) is 5.02 Å². The van der Waals surface area contributed by atoms with Gasteiger partial charge in [-0.25, -0.2) is 4.98 Å². The fraction of sp³-hybridized carbons (Fsp3) is 0.0833. The molecule has 154 valence electrons. The standard InChI is InChI=1S/C24H17ClN2O2S2/c1-28-22-13-17(8-11-21(22)29-15-16-6-9-18(25)10-7-16)12-19(14-26)30-24-27-20-4-2-3-5-23(20)31-24/h2-13H,15H2,1H3/b19-12+. The Balaban J connectivity index is 1.50. The van der Waals surface area contributed by atoms with Gasteiger partial charge >= 0.3 is 0 Å². The van der Waals surface area contributed by atoms with Gasteiger partial charge in [0.25, 0.3) is 0 Å². The number of allylic oxidation sites excluding steroid dienone is 1. The van der Waals surface area contributed by atoms with E-state index in [2.05, 4.69) is 11.1 Å². The summed E-state index contributed by atoms with van der Waals surface area (Å²) < 4.78 is 13.3. The molecule has 0 spiro atoms. The Morgan fingerprint density at radius 2 is 1.94 bits per heavy atom. The highest BCUT2D eigenvalue weighted by molar-refractivity contribution is 8.05. The lowest BCUT2D eigenvalue weighted by Gasteiger charge is -2.11. The molecule has 0 saturated heterocycles. The van der Waals surface area contributed by atoms with Crippen LogP contribution >= 0.6 is 34.7 Å². The minimum Gasteiger partial charge on any atom is -0.493 e.